The molecule has 4 nitrogen and oxygen atoms in total. The molecule has 3 aromatic rings. The topological polar surface area (TPSA) is 58.9 Å². The van der Waals surface area contributed by atoms with E-state index in [9.17, 15) is 4.79 Å². The second-order valence-electron chi connectivity index (χ2n) is 5.17. The molecule has 0 spiro atoms. The fourth-order valence-electron chi connectivity index (χ4n) is 2.12. The number of rotatable bonds is 5. The van der Waals surface area contributed by atoms with E-state index in [0.717, 1.165) is 21.7 Å². The average molecular weight is 332 g/mol. The largest absolute Gasteiger partial charge is 0.464 e. The zero-order valence-electron chi connectivity index (χ0n) is 12.4. The summed E-state index contributed by atoms with van der Waals surface area (Å²) in [4.78, 5) is 20.7. The number of nitrogens with zero attached hydrogens (tertiary/aromatic N) is 1. The first kappa shape index (κ1) is 15.1. The van der Waals surface area contributed by atoms with E-state index in [4.69, 9.17) is 4.42 Å². The van der Waals surface area contributed by atoms with Crippen molar-refractivity contribution in [2.24, 2.45) is 0 Å². The molecule has 0 aromatic carbocycles. The summed E-state index contributed by atoms with van der Waals surface area (Å²) in [5, 5.41) is 2.63. The molecule has 22 heavy (non-hydrogen) atoms. The monoisotopic (exact) mass is 332 g/mol. The highest BCUT2D eigenvalue weighted by molar-refractivity contribution is 7.99. The number of aromatic nitrogens is 2. The van der Waals surface area contributed by atoms with Crippen LogP contribution in [0.15, 0.2) is 45.1 Å². The van der Waals surface area contributed by atoms with E-state index in [2.05, 4.69) is 16.5 Å². The number of aromatic amines is 1. The molecule has 0 aliphatic heterocycles. The van der Waals surface area contributed by atoms with Crippen LogP contribution in [-0.2, 0) is 0 Å². The molecule has 0 saturated carbocycles. The normalized spacial score (nSPS) is 12.6. The Morgan fingerprint density at radius 3 is 3.09 bits per heavy atom. The van der Waals surface area contributed by atoms with E-state index >= 15 is 0 Å². The van der Waals surface area contributed by atoms with Crippen LogP contribution in [0.25, 0.3) is 21.5 Å². The lowest BCUT2D eigenvalue weighted by atomic mass is 10.2. The van der Waals surface area contributed by atoms with Crippen molar-refractivity contribution in [2.75, 3.05) is 5.75 Å². The molecule has 3 rings (SSSR count). The number of thiophene rings is 1. The Balaban J connectivity index is 2.00. The Morgan fingerprint density at radius 1 is 1.59 bits per heavy atom. The zero-order chi connectivity index (χ0) is 15.7. The second-order valence-corrected chi connectivity index (χ2v) is 7.36. The number of H-pyrrole nitrogens is 1. The number of thioether (sulfide) groups is 1. The molecule has 3 aromatic heterocycles. The molecule has 1 atom stereocenters. The highest BCUT2D eigenvalue weighted by Crippen LogP contribution is 2.33. The lowest BCUT2D eigenvalue weighted by molar-refractivity contribution is 0.583. The maximum absolute atomic E-state index is 12.5. The minimum atomic E-state index is -0.115. The van der Waals surface area contributed by atoms with Gasteiger partial charge in [-0.25, -0.2) is 4.98 Å². The van der Waals surface area contributed by atoms with Crippen LogP contribution in [0, 0.1) is 0 Å². The number of fused-ring (bicyclic) bond motifs is 1. The van der Waals surface area contributed by atoms with Gasteiger partial charge in [0.25, 0.3) is 5.56 Å². The molecule has 0 saturated heterocycles. The molecule has 114 valence electrons. The fraction of sp³-hybridized carbons (Fsp3) is 0.250. The Labute approximate surface area is 136 Å². The van der Waals surface area contributed by atoms with Gasteiger partial charge in [0.2, 0.25) is 0 Å². The smallest absolute Gasteiger partial charge is 0.260 e. The van der Waals surface area contributed by atoms with Crippen molar-refractivity contribution in [3.63, 3.8) is 0 Å². The lowest BCUT2D eigenvalue weighted by Crippen LogP contribution is -2.12. The van der Waals surface area contributed by atoms with Gasteiger partial charge >= 0.3 is 0 Å². The summed E-state index contributed by atoms with van der Waals surface area (Å²) >= 11 is 3.18. The van der Waals surface area contributed by atoms with Gasteiger partial charge in [-0.3, -0.25) is 4.79 Å². The Hall–Kier alpha value is -1.79. The lowest BCUT2D eigenvalue weighted by Gasteiger charge is -2.10. The van der Waals surface area contributed by atoms with Crippen LogP contribution in [-0.4, -0.2) is 15.7 Å². The van der Waals surface area contributed by atoms with E-state index < -0.39 is 0 Å². The highest BCUT2D eigenvalue weighted by atomic mass is 32.2. The molecule has 3 heterocycles. The number of hydrogen-bond donors (Lipinski definition) is 1. The molecule has 0 bridgehead atoms. The van der Waals surface area contributed by atoms with Crippen molar-refractivity contribution in [1.82, 2.24) is 9.97 Å². The SMILES string of the molecule is C=C(C)CSC(C)c1nc2scc(-c3ccco3)c2c(=O)[nH]1. The van der Waals surface area contributed by atoms with Gasteiger partial charge in [-0.2, -0.15) is 0 Å². The van der Waals surface area contributed by atoms with Crippen molar-refractivity contribution in [2.45, 2.75) is 19.1 Å². The molecule has 0 aliphatic carbocycles. The van der Waals surface area contributed by atoms with Gasteiger partial charge in [0.15, 0.2) is 0 Å². The maximum Gasteiger partial charge on any atom is 0.260 e. The summed E-state index contributed by atoms with van der Waals surface area (Å²) in [6.45, 7) is 7.93. The van der Waals surface area contributed by atoms with Gasteiger partial charge in [-0.1, -0.05) is 12.2 Å². The van der Waals surface area contributed by atoms with Crippen molar-refractivity contribution < 1.29 is 4.42 Å². The highest BCUT2D eigenvalue weighted by Gasteiger charge is 2.17. The summed E-state index contributed by atoms with van der Waals surface area (Å²) < 4.78 is 5.40. The van der Waals surface area contributed by atoms with Gasteiger partial charge in [0.1, 0.15) is 16.4 Å². The summed E-state index contributed by atoms with van der Waals surface area (Å²) in [7, 11) is 0. The van der Waals surface area contributed by atoms with Crippen molar-refractivity contribution in [1.29, 1.82) is 0 Å². The fourth-order valence-corrected chi connectivity index (χ4v) is 3.86. The van der Waals surface area contributed by atoms with Crippen LogP contribution in [0.1, 0.15) is 24.9 Å². The van der Waals surface area contributed by atoms with E-state index in [1.807, 2.05) is 31.4 Å². The van der Waals surface area contributed by atoms with Crippen molar-refractivity contribution in [3.05, 3.63) is 52.1 Å². The van der Waals surface area contributed by atoms with E-state index in [0.29, 0.717) is 17.0 Å². The van der Waals surface area contributed by atoms with Crippen molar-refractivity contribution in [3.8, 4) is 11.3 Å². The van der Waals surface area contributed by atoms with Gasteiger partial charge in [-0.05, 0) is 26.0 Å². The van der Waals surface area contributed by atoms with Gasteiger partial charge in [0.05, 0.1) is 16.9 Å². The molecular weight excluding hydrogens is 316 g/mol. The zero-order valence-corrected chi connectivity index (χ0v) is 14.0. The van der Waals surface area contributed by atoms with E-state index in [-0.39, 0.29) is 10.8 Å². The first-order valence-electron chi connectivity index (χ1n) is 6.87. The Bertz CT molecular complexity index is 862. The first-order chi connectivity index (χ1) is 10.6. The van der Waals surface area contributed by atoms with Gasteiger partial charge in [-0.15, -0.1) is 23.1 Å². The van der Waals surface area contributed by atoms with Crippen LogP contribution in [0.2, 0.25) is 0 Å². The molecule has 0 radical (unpaired) electrons. The van der Waals surface area contributed by atoms with Crippen LogP contribution in [0.3, 0.4) is 0 Å². The van der Waals surface area contributed by atoms with E-state index in [1.54, 1.807) is 18.0 Å². The minimum Gasteiger partial charge on any atom is -0.464 e. The molecule has 0 amide bonds. The number of nitrogens with one attached hydrogen (secondary N) is 1. The maximum atomic E-state index is 12.5. The molecule has 0 fully saturated rings. The summed E-state index contributed by atoms with van der Waals surface area (Å²) in [5.41, 5.74) is 1.79. The molecular formula is C16H16N2O2S2. The van der Waals surface area contributed by atoms with Crippen LogP contribution in [0.5, 0.6) is 0 Å². The third kappa shape index (κ3) is 2.89. The first-order valence-corrected chi connectivity index (χ1v) is 8.80. The summed E-state index contributed by atoms with van der Waals surface area (Å²) in [6.07, 6.45) is 1.60. The predicted octanol–water partition coefficient (Wildman–Crippen LogP) is 4.61. The Kier molecular flexibility index (Phi) is 4.22. The number of hydrogen-bond acceptors (Lipinski definition) is 5. The summed E-state index contributed by atoms with van der Waals surface area (Å²) in [6, 6.07) is 3.66. The van der Waals surface area contributed by atoms with E-state index in [1.165, 1.54) is 11.3 Å². The van der Waals surface area contributed by atoms with Crippen LogP contribution in [0.4, 0.5) is 0 Å². The van der Waals surface area contributed by atoms with Gasteiger partial charge < -0.3 is 9.40 Å². The second kappa shape index (κ2) is 6.14. The molecule has 1 N–H and O–H groups in total. The quantitative estimate of drug-likeness (QED) is 0.693. The standard InChI is InChI=1S/C16H16N2O2S2/c1-9(2)7-21-10(3)14-17-15(19)13-11(8-22-16(13)18-14)12-5-4-6-20-12/h4-6,8,10H,1,7H2,2-3H3,(H,17,18,19). The number of furan rings is 1. The summed E-state index contributed by atoms with van der Waals surface area (Å²) in [5.74, 6) is 2.25. The molecule has 0 aliphatic rings. The van der Waals surface area contributed by atoms with Crippen molar-refractivity contribution >= 4 is 33.3 Å². The van der Waals surface area contributed by atoms with Crippen LogP contribution >= 0.6 is 23.1 Å². The molecule has 6 heteroatoms. The predicted molar refractivity (Wildman–Crippen MR) is 93.6 cm³/mol. The third-order valence-corrected chi connectivity index (χ3v) is 5.47. The molecule has 1 unspecified atom stereocenters. The minimum absolute atomic E-state index is 0.114. The van der Waals surface area contributed by atoms with Crippen LogP contribution < -0.4 is 5.56 Å². The third-order valence-electron chi connectivity index (χ3n) is 3.21. The average Bonchev–Trinajstić information content (AvgIpc) is 3.12. The van der Waals surface area contributed by atoms with Gasteiger partial charge in [0, 0.05) is 16.7 Å². The Morgan fingerprint density at radius 2 is 2.41 bits per heavy atom.